The average Bonchev–Trinajstić information content (AvgIpc) is 2.99. The molecule has 0 radical (unpaired) electrons. The van der Waals surface area contributed by atoms with E-state index in [0.717, 1.165) is 5.56 Å². The van der Waals surface area contributed by atoms with Gasteiger partial charge in [-0.3, -0.25) is 4.98 Å². The fourth-order valence-electron chi connectivity index (χ4n) is 2.00. The van der Waals surface area contributed by atoms with Gasteiger partial charge in [0.1, 0.15) is 0 Å². The van der Waals surface area contributed by atoms with E-state index in [1.807, 2.05) is 12.1 Å². The van der Waals surface area contributed by atoms with Crippen LogP contribution in [0.25, 0.3) is 0 Å². The SMILES string of the molecule is NC1COCC1c1nc(Cc2cccnc2)no1. The summed E-state index contributed by atoms with van der Waals surface area (Å²) in [4.78, 5) is 8.42. The monoisotopic (exact) mass is 246 g/mol. The molecule has 0 bridgehead atoms. The van der Waals surface area contributed by atoms with Crippen LogP contribution in [0, 0.1) is 0 Å². The van der Waals surface area contributed by atoms with E-state index in [9.17, 15) is 0 Å². The summed E-state index contributed by atoms with van der Waals surface area (Å²) < 4.78 is 10.5. The van der Waals surface area contributed by atoms with Crippen LogP contribution in [0.5, 0.6) is 0 Å². The third kappa shape index (κ3) is 2.25. The molecule has 2 N–H and O–H groups in total. The van der Waals surface area contributed by atoms with Gasteiger partial charge in [0.2, 0.25) is 5.89 Å². The number of aromatic nitrogens is 3. The van der Waals surface area contributed by atoms with E-state index in [0.29, 0.717) is 31.3 Å². The van der Waals surface area contributed by atoms with Gasteiger partial charge in [0.05, 0.1) is 19.1 Å². The molecule has 0 saturated carbocycles. The van der Waals surface area contributed by atoms with Crippen LogP contribution in [-0.4, -0.2) is 34.4 Å². The van der Waals surface area contributed by atoms with E-state index >= 15 is 0 Å². The Morgan fingerprint density at radius 2 is 2.33 bits per heavy atom. The normalized spacial score (nSPS) is 23.4. The maximum absolute atomic E-state index is 5.91. The third-order valence-electron chi connectivity index (χ3n) is 3.01. The van der Waals surface area contributed by atoms with Gasteiger partial charge in [-0.2, -0.15) is 4.98 Å². The zero-order chi connectivity index (χ0) is 12.4. The average molecular weight is 246 g/mol. The molecule has 6 heteroatoms. The van der Waals surface area contributed by atoms with Crippen molar-refractivity contribution in [2.24, 2.45) is 5.73 Å². The molecule has 2 atom stereocenters. The van der Waals surface area contributed by atoms with E-state index in [2.05, 4.69) is 15.1 Å². The van der Waals surface area contributed by atoms with Gasteiger partial charge in [0, 0.05) is 24.9 Å². The summed E-state index contributed by atoms with van der Waals surface area (Å²) in [6.07, 6.45) is 4.14. The Balaban J connectivity index is 1.74. The van der Waals surface area contributed by atoms with Crippen molar-refractivity contribution in [1.82, 2.24) is 15.1 Å². The van der Waals surface area contributed by atoms with Crippen molar-refractivity contribution in [1.29, 1.82) is 0 Å². The van der Waals surface area contributed by atoms with Crippen molar-refractivity contribution >= 4 is 0 Å². The lowest BCUT2D eigenvalue weighted by molar-refractivity contribution is 0.187. The van der Waals surface area contributed by atoms with Gasteiger partial charge < -0.3 is 15.0 Å². The van der Waals surface area contributed by atoms with Crippen molar-refractivity contribution in [3.8, 4) is 0 Å². The molecule has 3 heterocycles. The first-order valence-electron chi connectivity index (χ1n) is 5.87. The lowest BCUT2D eigenvalue weighted by Crippen LogP contribution is -2.27. The summed E-state index contributed by atoms with van der Waals surface area (Å²) in [6.45, 7) is 1.10. The zero-order valence-corrected chi connectivity index (χ0v) is 9.82. The largest absolute Gasteiger partial charge is 0.379 e. The highest BCUT2D eigenvalue weighted by Crippen LogP contribution is 2.23. The van der Waals surface area contributed by atoms with Crippen LogP contribution in [0.4, 0.5) is 0 Å². The fraction of sp³-hybridized carbons (Fsp3) is 0.417. The Labute approximate surface area is 104 Å². The van der Waals surface area contributed by atoms with Crippen LogP contribution in [0.1, 0.15) is 23.2 Å². The van der Waals surface area contributed by atoms with Crippen molar-refractivity contribution in [3.63, 3.8) is 0 Å². The molecule has 18 heavy (non-hydrogen) atoms. The van der Waals surface area contributed by atoms with E-state index in [1.54, 1.807) is 12.4 Å². The lowest BCUT2D eigenvalue weighted by atomic mass is 10.1. The van der Waals surface area contributed by atoms with Crippen LogP contribution >= 0.6 is 0 Å². The minimum Gasteiger partial charge on any atom is -0.379 e. The van der Waals surface area contributed by atoms with Crippen molar-refractivity contribution in [2.45, 2.75) is 18.4 Å². The van der Waals surface area contributed by atoms with Crippen LogP contribution < -0.4 is 5.73 Å². The number of nitrogens with two attached hydrogens (primary N) is 1. The Bertz CT molecular complexity index is 514. The van der Waals surface area contributed by atoms with Crippen molar-refractivity contribution < 1.29 is 9.26 Å². The van der Waals surface area contributed by atoms with Gasteiger partial charge in [0.15, 0.2) is 5.82 Å². The van der Waals surface area contributed by atoms with Crippen LogP contribution in [-0.2, 0) is 11.2 Å². The van der Waals surface area contributed by atoms with Crippen LogP contribution in [0.3, 0.4) is 0 Å². The molecule has 2 aromatic heterocycles. The molecule has 2 unspecified atom stereocenters. The Morgan fingerprint density at radius 1 is 1.39 bits per heavy atom. The molecule has 1 fully saturated rings. The summed E-state index contributed by atoms with van der Waals surface area (Å²) in [5.41, 5.74) is 6.96. The molecule has 0 spiro atoms. The number of ether oxygens (including phenoxy) is 1. The Hall–Kier alpha value is -1.79. The Kier molecular flexibility index (Phi) is 3.04. The zero-order valence-electron chi connectivity index (χ0n) is 9.82. The van der Waals surface area contributed by atoms with Crippen molar-refractivity contribution in [2.75, 3.05) is 13.2 Å². The summed E-state index contributed by atoms with van der Waals surface area (Å²) in [6, 6.07) is 3.81. The predicted molar refractivity (Wildman–Crippen MR) is 62.9 cm³/mol. The molecule has 2 aromatic rings. The molecule has 0 aliphatic carbocycles. The number of nitrogens with zero attached hydrogens (tertiary/aromatic N) is 3. The Morgan fingerprint density at radius 3 is 3.06 bits per heavy atom. The number of rotatable bonds is 3. The standard InChI is InChI=1S/C12H14N4O2/c13-10-7-17-6-9(10)12-15-11(16-18-12)4-8-2-1-3-14-5-8/h1-3,5,9-10H,4,6-7,13H2. The predicted octanol–water partition coefficient (Wildman–Crippen LogP) is 0.496. The van der Waals surface area contributed by atoms with Crippen molar-refractivity contribution in [3.05, 3.63) is 41.8 Å². The molecule has 3 rings (SSSR count). The highest BCUT2D eigenvalue weighted by Gasteiger charge is 2.31. The highest BCUT2D eigenvalue weighted by molar-refractivity contribution is 5.14. The summed E-state index contributed by atoms with van der Waals surface area (Å²) >= 11 is 0. The first-order valence-corrected chi connectivity index (χ1v) is 5.87. The second-order valence-electron chi connectivity index (χ2n) is 4.39. The van der Waals surface area contributed by atoms with Crippen LogP contribution in [0.15, 0.2) is 29.0 Å². The molecule has 0 amide bonds. The minimum atomic E-state index is -0.0586. The summed E-state index contributed by atoms with van der Waals surface area (Å²) in [5, 5.41) is 3.97. The number of pyridine rings is 1. The van der Waals surface area contributed by atoms with Gasteiger partial charge in [-0.15, -0.1) is 0 Å². The topological polar surface area (TPSA) is 87.1 Å². The molecule has 1 aliphatic heterocycles. The van der Waals surface area contributed by atoms with E-state index in [1.165, 1.54) is 0 Å². The molecular weight excluding hydrogens is 232 g/mol. The second-order valence-corrected chi connectivity index (χ2v) is 4.39. The highest BCUT2D eigenvalue weighted by atomic mass is 16.5. The molecule has 6 nitrogen and oxygen atoms in total. The maximum atomic E-state index is 5.91. The molecular formula is C12H14N4O2. The quantitative estimate of drug-likeness (QED) is 0.848. The minimum absolute atomic E-state index is 0.0140. The summed E-state index contributed by atoms with van der Waals surface area (Å²) in [5.74, 6) is 1.23. The maximum Gasteiger partial charge on any atom is 0.233 e. The fourth-order valence-corrected chi connectivity index (χ4v) is 2.00. The molecule has 94 valence electrons. The third-order valence-corrected chi connectivity index (χ3v) is 3.01. The second kappa shape index (κ2) is 4.83. The molecule has 1 aliphatic rings. The number of hydrogen-bond acceptors (Lipinski definition) is 6. The molecule has 0 aromatic carbocycles. The first kappa shape index (κ1) is 11.3. The first-order chi connectivity index (χ1) is 8.83. The van der Waals surface area contributed by atoms with E-state index < -0.39 is 0 Å². The summed E-state index contributed by atoms with van der Waals surface area (Å²) in [7, 11) is 0. The number of hydrogen-bond donors (Lipinski definition) is 1. The van der Waals surface area contributed by atoms with Gasteiger partial charge >= 0.3 is 0 Å². The smallest absolute Gasteiger partial charge is 0.233 e. The van der Waals surface area contributed by atoms with Crippen LogP contribution in [0.2, 0.25) is 0 Å². The van der Waals surface area contributed by atoms with E-state index in [-0.39, 0.29) is 12.0 Å². The van der Waals surface area contributed by atoms with Gasteiger partial charge in [-0.25, -0.2) is 0 Å². The van der Waals surface area contributed by atoms with Gasteiger partial charge in [0.25, 0.3) is 0 Å². The van der Waals surface area contributed by atoms with E-state index in [4.69, 9.17) is 15.0 Å². The molecule has 1 saturated heterocycles. The lowest BCUT2D eigenvalue weighted by Gasteiger charge is -2.06. The van der Waals surface area contributed by atoms with Gasteiger partial charge in [-0.1, -0.05) is 11.2 Å². The van der Waals surface area contributed by atoms with Gasteiger partial charge in [-0.05, 0) is 11.6 Å².